The highest BCUT2D eigenvalue weighted by molar-refractivity contribution is 5.55. The first-order chi connectivity index (χ1) is 12.3. The van der Waals surface area contributed by atoms with Gasteiger partial charge in [0.1, 0.15) is 5.65 Å². The van der Waals surface area contributed by atoms with Crippen molar-refractivity contribution in [1.82, 2.24) is 14.6 Å². The molecule has 26 heavy (non-hydrogen) atoms. The van der Waals surface area contributed by atoms with E-state index in [2.05, 4.69) is 10.1 Å². The number of nitrogens with one attached hydrogen (secondary N) is 1. The predicted octanol–water partition coefficient (Wildman–Crippen LogP) is 4.13. The Labute approximate surface area is 147 Å². The third-order valence-electron chi connectivity index (χ3n) is 4.89. The zero-order valence-corrected chi connectivity index (χ0v) is 14.4. The molecule has 0 saturated heterocycles. The first-order valence-corrected chi connectivity index (χ1v) is 8.53. The normalized spacial score (nSPS) is 15.0. The third-order valence-corrected chi connectivity index (χ3v) is 4.89. The maximum absolute atomic E-state index is 13.4. The second-order valence-corrected chi connectivity index (χ2v) is 6.99. The Hall–Kier alpha value is -2.57. The molecule has 0 aliphatic heterocycles. The van der Waals surface area contributed by atoms with Crippen LogP contribution in [0.1, 0.15) is 52.4 Å². The Bertz CT molecular complexity index is 1040. The van der Waals surface area contributed by atoms with E-state index in [0.29, 0.717) is 30.5 Å². The Kier molecular flexibility index (Phi) is 3.71. The maximum atomic E-state index is 13.4. The molecule has 7 heteroatoms. The topological polar surface area (TPSA) is 50.2 Å². The number of aromatic nitrogens is 3. The molecule has 4 nitrogen and oxygen atoms in total. The minimum Gasteiger partial charge on any atom is -0.343 e. The van der Waals surface area contributed by atoms with E-state index in [0.717, 1.165) is 15.6 Å². The zero-order chi connectivity index (χ0) is 18.6. The van der Waals surface area contributed by atoms with E-state index in [-0.39, 0.29) is 17.1 Å². The lowest BCUT2D eigenvalue weighted by Crippen LogP contribution is -2.22. The maximum Gasteiger partial charge on any atom is 0.435 e. The summed E-state index contributed by atoms with van der Waals surface area (Å²) in [7, 11) is 0. The van der Waals surface area contributed by atoms with Crippen LogP contribution in [-0.2, 0) is 12.6 Å². The molecule has 0 radical (unpaired) electrons. The number of halogens is 3. The monoisotopic (exact) mass is 361 g/mol. The summed E-state index contributed by atoms with van der Waals surface area (Å²) in [5, 5.41) is 3.65. The van der Waals surface area contributed by atoms with Gasteiger partial charge in [0.2, 0.25) is 0 Å². The molecule has 136 valence electrons. The Balaban J connectivity index is 1.89. The van der Waals surface area contributed by atoms with Crippen LogP contribution in [-0.4, -0.2) is 14.6 Å². The van der Waals surface area contributed by atoms with E-state index in [1.807, 2.05) is 31.2 Å². The average molecular weight is 361 g/mol. The molecule has 1 aromatic carbocycles. The van der Waals surface area contributed by atoms with Crippen LogP contribution in [0.4, 0.5) is 13.2 Å². The van der Waals surface area contributed by atoms with Crippen LogP contribution in [0.15, 0.2) is 29.1 Å². The highest BCUT2D eigenvalue weighted by Gasteiger charge is 2.43. The van der Waals surface area contributed by atoms with Gasteiger partial charge in [-0.1, -0.05) is 29.8 Å². The van der Waals surface area contributed by atoms with Crippen molar-refractivity contribution in [3.05, 3.63) is 68.3 Å². The largest absolute Gasteiger partial charge is 0.435 e. The van der Waals surface area contributed by atoms with Gasteiger partial charge in [0.05, 0.1) is 0 Å². The summed E-state index contributed by atoms with van der Waals surface area (Å²) >= 11 is 0. The number of H-pyrrole nitrogens is 1. The van der Waals surface area contributed by atoms with E-state index in [1.54, 1.807) is 6.92 Å². The number of aryl methyl sites for hydroxylation is 2. The summed E-state index contributed by atoms with van der Waals surface area (Å²) < 4.78 is 41.1. The molecule has 3 aromatic rings. The number of benzene rings is 1. The number of rotatable bonds is 3. The van der Waals surface area contributed by atoms with Gasteiger partial charge in [-0.25, -0.2) is 0 Å². The molecule has 1 N–H and O–H groups in total. The van der Waals surface area contributed by atoms with Gasteiger partial charge < -0.3 is 4.98 Å². The van der Waals surface area contributed by atoms with Crippen molar-refractivity contribution in [3.63, 3.8) is 0 Å². The minimum atomic E-state index is -4.57. The Morgan fingerprint density at radius 2 is 1.85 bits per heavy atom. The number of alkyl halides is 3. The molecule has 2 aromatic heterocycles. The molecule has 1 saturated carbocycles. The molecule has 1 aliphatic carbocycles. The third kappa shape index (κ3) is 2.81. The number of hydrogen-bond acceptors (Lipinski definition) is 2. The summed E-state index contributed by atoms with van der Waals surface area (Å²) in [4.78, 5) is 15.9. The standard InChI is InChI=1S/C19H18F3N3O/c1-10-3-5-12(6-4-10)9-14-11(2)23-17-15(13-7-8-13)16(19(20,21)22)24-25(17)18(14)26/h3-6,13,23H,7-9H2,1-2H3. The van der Waals surface area contributed by atoms with Crippen molar-refractivity contribution < 1.29 is 13.2 Å². The highest BCUT2D eigenvalue weighted by Crippen LogP contribution is 2.46. The average Bonchev–Trinajstić information content (AvgIpc) is 3.33. The first kappa shape index (κ1) is 16.9. The fourth-order valence-electron chi connectivity index (χ4n) is 3.32. The fraction of sp³-hybridized carbons (Fsp3) is 0.368. The van der Waals surface area contributed by atoms with Crippen molar-refractivity contribution in [2.24, 2.45) is 0 Å². The smallest absolute Gasteiger partial charge is 0.343 e. The van der Waals surface area contributed by atoms with E-state index in [9.17, 15) is 18.0 Å². The molecule has 0 atom stereocenters. The molecular weight excluding hydrogens is 343 g/mol. The quantitative estimate of drug-likeness (QED) is 0.763. The molecule has 0 bridgehead atoms. The molecule has 0 unspecified atom stereocenters. The Morgan fingerprint density at radius 3 is 2.42 bits per heavy atom. The van der Waals surface area contributed by atoms with Gasteiger partial charge in [0.15, 0.2) is 5.69 Å². The van der Waals surface area contributed by atoms with Crippen LogP contribution < -0.4 is 5.56 Å². The molecule has 2 heterocycles. The van der Waals surface area contributed by atoms with Gasteiger partial charge in [-0.05, 0) is 38.2 Å². The van der Waals surface area contributed by atoms with Crippen LogP contribution in [0, 0.1) is 13.8 Å². The number of aromatic amines is 1. The van der Waals surface area contributed by atoms with Crippen molar-refractivity contribution >= 4 is 5.65 Å². The number of nitrogens with zero attached hydrogens (tertiary/aromatic N) is 2. The van der Waals surface area contributed by atoms with Crippen LogP contribution in [0.25, 0.3) is 5.65 Å². The molecule has 0 amide bonds. The van der Waals surface area contributed by atoms with Crippen molar-refractivity contribution in [2.45, 2.75) is 45.2 Å². The van der Waals surface area contributed by atoms with Gasteiger partial charge in [0, 0.05) is 23.2 Å². The molecule has 4 rings (SSSR count). The van der Waals surface area contributed by atoms with Gasteiger partial charge in [-0.2, -0.15) is 22.8 Å². The van der Waals surface area contributed by atoms with Gasteiger partial charge >= 0.3 is 6.18 Å². The van der Waals surface area contributed by atoms with Crippen molar-refractivity contribution in [3.8, 4) is 0 Å². The van der Waals surface area contributed by atoms with E-state index < -0.39 is 17.4 Å². The van der Waals surface area contributed by atoms with Crippen LogP contribution in [0.5, 0.6) is 0 Å². The summed E-state index contributed by atoms with van der Waals surface area (Å²) in [5.41, 5.74) is 1.91. The van der Waals surface area contributed by atoms with E-state index >= 15 is 0 Å². The van der Waals surface area contributed by atoms with Crippen LogP contribution in [0.2, 0.25) is 0 Å². The molecule has 1 fully saturated rings. The summed E-state index contributed by atoms with van der Waals surface area (Å²) in [6.07, 6.45) is -2.85. The molecular formula is C19H18F3N3O. The lowest BCUT2D eigenvalue weighted by Gasteiger charge is -2.08. The zero-order valence-electron chi connectivity index (χ0n) is 14.4. The SMILES string of the molecule is Cc1ccc(Cc2c(C)[nH]c3c(C4CC4)c(C(F)(F)F)nn3c2=O)cc1. The van der Waals surface area contributed by atoms with Gasteiger partial charge in [0.25, 0.3) is 5.56 Å². The summed E-state index contributed by atoms with van der Waals surface area (Å²) in [5.74, 6) is -0.179. The minimum absolute atomic E-state index is 0.125. The second-order valence-electron chi connectivity index (χ2n) is 6.99. The highest BCUT2D eigenvalue weighted by atomic mass is 19.4. The van der Waals surface area contributed by atoms with E-state index in [4.69, 9.17) is 0 Å². The molecule has 0 spiro atoms. The first-order valence-electron chi connectivity index (χ1n) is 8.53. The van der Waals surface area contributed by atoms with Crippen LogP contribution in [0.3, 0.4) is 0 Å². The number of hydrogen-bond donors (Lipinski definition) is 1. The van der Waals surface area contributed by atoms with Crippen molar-refractivity contribution in [1.29, 1.82) is 0 Å². The van der Waals surface area contributed by atoms with Gasteiger partial charge in [-0.15, -0.1) is 0 Å². The van der Waals surface area contributed by atoms with Crippen molar-refractivity contribution in [2.75, 3.05) is 0 Å². The van der Waals surface area contributed by atoms with Crippen LogP contribution >= 0.6 is 0 Å². The lowest BCUT2D eigenvalue weighted by molar-refractivity contribution is -0.141. The summed E-state index contributed by atoms with van der Waals surface area (Å²) in [6, 6.07) is 7.72. The number of fused-ring (bicyclic) bond motifs is 1. The summed E-state index contributed by atoms with van der Waals surface area (Å²) in [6.45, 7) is 3.69. The van der Waals surface area contributed by atoms with Gasteiger partial charge in [-0.3, -0.25) is 4.79 Å². The predicted molar refractivity (Wildman–Crippen MR) is 91.5 cm³/mol. The second kappa shape index (κ2) is 5.72. The Morgan fingerprint density at radius 1 is 1.19 bits per heavy atom. The molecule has 1 aliphatic rings. The van der Waals surface area contributed by atoms with E-state index in [1.165, 1.54) is 0 Å². The lowest BCUT2D eigenvalue weighted by atomic mass is 10.0. The fourth-order valence-corrected chi connectivity index (χ4v) is 3.32.